The van der Waals surface area contributed by atoms with E-state index >= 15 is 0 Å². The molecule has 3 N–H and O–H groups in total. The molecule has 2 aromatic rings. The van der Waals surface area contributed by atoms with Crippen LogP contribution in [0.2, 0.25) is 0 Å². The number of hydrogen-bond acceptors (Lipinski definition) is 4. The summed E-state index contributed by atoms with van der Waals surface area (Å²) in [6.45, 7) is 2.14. The summed E-state index contributed by atoms with van der Waals surface area (Å²) in [4.78, 5) is 0. The average Bonchev–Trinajstić information content (AvgIpc) is 2.69. The zero-order chi connectivity index (χ0) is 14.2. The summed E-state index contributed by atoms with van der Waals surface area (Å²) in [5, 5.41) is 11.0. The zero-order valence-electron chi connectivity index (χ0n) is 11.7. The van der Waals surface area contributed by atoms with Gasteiger partial charge in [0.15, 0.2) is 0 Å². The minimum absolute atomic E-state index is 0.180. The highest BCUT2D eigenvalue weighted by Gasteiger charge is 2.21. The highest BCUT2D eigenvalue weighted by atomic mass is 16.5. The summed E-state index contributed by atoms with van der Waals surface area (Å²) >= 11 is 0. The highest BCUT2D eigenvalue weighted by Crippen LogP contribution is 2.38. The Hall–Kier alpha value is -1.72. The molecule has 1 atom stereocenters. The first-order valence-electron chi connectivity index (χ1n) is 6.14. The first kappa shape index (κ1) is 13.7. The summed E-state index contributed by atoms with van der Waals surface area (Å²) in [6.07, 6.45) is -0.694. The van der Waals surface area contributed by atoms with Gasteiger partial charge in [0, 0.05) is 36.3 Å². The van der Waals surface area contributed by atoms with Crippen molar-refractivity contribution in [3.8, 4) is 11.5 Å². The summed E-state index contributed by atoms with van der Waals surface area (Å²) in [5.74, 6) is 1.41. The highest BCUT2D eigenvalue weighted by molar-refractivity contribution is 5.92. The molecular formula is C14H20N2O3. The van der Waals surface area contributed by atoms with Gasteiger partial charge in [-0.1, -0.05) is 0 Å². The van der Waals surface area contributed by atoms with Crippen LogP contribution in [-0.4, -0.2) is 30.4 Å². The molecule has 1 heterocycles. The predicted molar refractivity (Wildman–Crippen MR) is 74.8 cm³/mol. The number of rotatable bonds is 4. The standard InChI is InChI=1S/C14H20N2O3/c1-8-13(11(17)7-15)10-5-9(18-3)6-12(19-4)14(10)16(8)2/h5-6,11,17H,7,15H2,1-4H3. The fourth-order valence-corrected chi connectivity index (χ4v) is 2.49. The van der Waals surface area contributed by atoms with E-state index in [-0.39, 0.29) is 6.54 Å². The number of benzene rings is 1. The molecule has 0 aliphatic heterocycles. The number of aromatic nitrogens is 1. The van der Waals surface area contributed by atoms with Crippen molar-refractivity contribution in [2.45, 2.75) is 13.0 Å². The maximum absolute atomic E-state index is 10.1. The van der Waals surface area contributed by atoms with Gasteiger partial charge in [0.25, 0.3) is 0 Å². The third-order valence-electron chi connectivity index (χ3n) is 3.58. The molecule has 1 aromatic carbocycles. The lowest BCUT2D eigenvalue weighted by Gasteiger charge is -2.10. The third-order valence-corrected chi connectivity index (χ3v) is 3.58. The van der Waals surface area contributed by atoms with Crippen LogP contribution in [-0.2, 0) is 7.05 Å². The van der Waals surface area contributed by atoms with Crippen LogP contribution >= 0.6 is 0 Å². The predicted octanol–water partition coefficient (Wildman–Crippen LogP) is 1.50. The lowest BCUT2D eigenvalue weighted by atomic mass is 10.0. The second-order valence-electron chi connectivity index (χ2n) is 4.54. The van der Waals surface area contributed by atoms with E-state index in [9.17, 15) is 5.11 Å². The molecule has 0 radical (unpaired) electrons. The Morgan fingerprint density at radius 3 is 2.53 bits per heavy atom. The van der Waals surface area contributed by atoms with Gasteiger partial charge in [0.1, 0.15) is 11.5 Å². The van der Waals surface area contributed by atoms with E-state index in [0.29, 0.717) is 5.75 Å². The first-order chi connectivity index (χ1) is 9.04. The number of methoxy groups -OCH3 is 2. The number of aryl methyl sites for hydroxylation is 1. The molecule has 1 unspecified atom stereocenters. The molecule has 0 spiro atoms. The number of aliphatic hydroxyl groups is 1. The molecule has 0 bridgehead atoms. The quantitative estimate of drug-likeness (QED) is 0.878. The molecular weight excluding hydrogens is 244 g/mol. The van der Waals surface area contributed by atoms with Crippen molar-refractivity contribution < 1.29 is 14.6 Å². The van der Waals surface area contributed by atoms with Crippen molar-refractivity contribution in [3.05, 3.63) is 23.4 Å². The Kier molecular flexibility index (Phi) is 3.68. The Labute approximate surface area is 112 Å². The smallest absolute Gasteiger partial charge is 0.146 e. The summed E-state index contributed by atoms with van der Waals surface area (Å²) in [7, 11) is 5.17. The van der Waals surface area contributed by atoms with Gasteiger partial charge in [-0.15, -0.1) is 0 Å². The monoisotopic (exact) mass is 264 g/mol. The molecule has 0 amide bonds. The van der Waals surface area contributed by atoms with Crippen LogP contribution in [0.1, 0.15) is 17.4 Å². The van der Waals surface area contributed by atoms with Gasteiger partial charge in [0.05, 0.1) is 25.8 Å². The van der Waals surface area contributed by atoms with Gasteiger partial charge in [-0.05, 0) is 13.0 Å². The van der Waals surface area contributed by atoms with Crippen molar-refractivity contribution in [2.24, 2.45) is 12.8 Å². The number of fused-ring (bicyclic) bond motifs is 1. The van der Waals surface area contributed by atoms with Gasteiger partial charge in [0.2, 0.25) is 0 Å². The lowest BCUT2D eigenvalue weighted by molar-refractivity contribution is 0.187. The van der Waals surface area contributed by atoms with Crippen LogP contribution in [0.4, 0.5) is 0 Å². The van der Waals surface area contributed by atoms with Gasteiger partial charge < -0.3 is 24.9 Å². The summed E-state index contributed by atoms with van der Waals surface area (Å²) in [6, 6.07) is 3.74. The minimum Gasteiger partial charge on any atom is -0.497 e. The molecule has 0 saturated carbocycles. The molecule has 0 saturated heterocycles. The van der Waals surface area contributed by atoms with Crippen LogP contribution in [0.5, 0.6) is 11.5 Å². The summed E-state index contributed by atoms with van der Waals surface area (Å²) < 4.78 is 12.7. The number of nitrogens with zero attached hydrogens (tertiary/aromatic N) is 1. The van der Waals surface area contributed by atoms with E-state index in [1.165, 1.54) is 0 Å². The molecule has 0 fully saturated rings. The third kappa shape index (κ3) is 2.05. The molecule has 104 valence electrons. The number of hydrogen-bond donors (Lipinski definition) is 2. The van der Waals surface area contributed by atoms with Crippen LogP contribution in [0.3, 0.4) is 0 Å². The Morgan fingerprint density at radius 2 is 2.00 bits per heavy atom. The molecule has 0 aliphatic carbocycles. The molecule has 0 aliphatic rings. The van der Waals surface area contributed by atoms with Crippen molar-refractivity contribution in [1.29, 1.82) is 0 Å². The first-order valence-corrected chi connectivity index (χ1v) is 6.14. The van der Waals surface area contributed by atoms with Crippen molar-refractivity contribution >= 4 is 10.9 Å². The van der Waals surface area contributed by atoms with Crippen LogP contribution in [0, 0.1) is 6.92 Å². The van der Waals surface area contributed by atoms with Gasteiger partial charge in [-0.3, -0.25) is 0 Å². The maximum Gasteiger partial charge on any atom is 0.146 e. The number of aliphatic hydroxyl groups excluding tert-OH is 1. The molecule has 5 heteroatoms. The number of ether oxygens (including phenoxy) is 2. The normalized spacial score (nSPS) is 12.7. The maximum atomic E-state index is 10.1. The second kappa shape index (κ2) is 5.11. The molecule has 19 heavy (non-hydrogen) atoms. The second-order valence-corrected chi connectivity index (χ2v) is 4.54. The molecule has 2 rings (SSSR count). The number of nitrogens with two attached hydrogens (primary N) is 1. The minimum atomic E-state index is -0.694. The van der Waals surface area contributed by atoms with Crippen LogP contribution < -0.4 is 15.2 Å². The van der Waals surface area contributed by atoms with E-state index < -0.39 is 6.10 Å². The fourth-order valence-electron chi connectivity index (χ4n) is 2.49. The van der Waals surface area contributed by atoms with Crippen molar-refractivity contribution in [2.75, 3.05) is 20.8 Å². The van der Waals surface area contributed by atoms with Gasteiger partial charge >= 0.3 is 0 Å². The summed E-state index contributed by atoms with van der Waals surface area (Å²) in [5.41, 5.74) is 8.33. The van der Waals surface area contributed by atoms with Gasteiger partial charge in [-0.2, -0.15) is 0 Å². The van der Waals surface area contributed by atoms with Crippen molar-refractivity contribution in [3.63, 3.8) is 0 Å². The fraction of sp³-hybridized carbons (Fsp3) is 0.429. The van der Waals surface area contributed by atoms with Crippen molar-refractivity contribution in [1.82, 2.24) is 4.57 Å². The van der Waals surface area contributed by atoms with E-state index in [1.807, 2.05) is 30.7 Å². The topological polar surface area (TPSA) is 69.6 Å². The van der Waals surface area contributed by atoms with Crippen LogP contribution in [0.25, 0.3) is 10.9 Å². The van der Waals surface area contributed by atoms with Crippen LogP contribution in [0.15, 0.2) is 12.1 Å². The van der Waals surface area contributed by atoms with E-state index in [1.54, 1.807) is 14.2 Å². The van der Waals surface area contributed by atoms with E-state index in [4.69, 9.17) is 15.2 Å². The molecule has 1 aromatic heterocycles. The Bertz CT molecular complexity index is 604. The molecule has 5 nitrogen and oxygen atoms in total. The van der Waals surface area contributed by atoms with E-state index in [0.717, 1.165) is 27.9 Å². The Morgan fingerprint density at radius 1 is 1.32 bits per heavy atom. The largest absolute Gasteiger partial charge is 0.497 e. The van der Waals surface area contributed by atoms with E-state index in [2.05, 4.69) is 0 Å². The van der Waals surface area contributed by atoms with Gasteiger partial charge in [-0.25, -0.2) is 0 Å². The average molecular weight is 264 g/mol. The zero-order valence-corrected chi connectivity index (χ0v) is 11.7. The SMILES string of the molecule is COc1cc(OC)c2c(c1)c(C(O)CN)c(C)n2C. The Balaban J connectivity index is 2.86. The lowest BCUT2D eigenvalue weighted by Crippen LogP contribution is -2.12.